The van der Waals surface area contributed by atoms with Gasteiger partial charge < -0.3 is 4.74 Å². The lowest BCUT2D eigenvalue weighted by atomic mass is 10.1. The Hall–Kier alpha value is -2.12. The highest BCUT2D eigenvalue weighted by atomic mass is 79.9. The van der Waals surface area contributed by atoms with Crippen LogP contribution in [0.15, 0.2) is 57.1 Å². The minimum atomic E-state index is -0.113. The highest BCUT2D eigenvalue weighted by molar-refractivity contribution is 9.10. The molecule has 5 nitrogen and oxygen atoms in total. The van der Waals surface area contributed by atoms with E-state index in [9.17, 15) is 4.79 Å². The van der Waals surface area contributed by atoms with Crippen LogP contribution in [0.3, 0.4) is 0 Å². The highest BCUT2D eigenvalue weighted by Crippen LogP contribution is 2.31. The molecule has 0 aliphatic carbocycles. The Kier molecular flexibility index (Phi) is 6.91. The first-order valence-electron chi connectivity index (χ1n) is 9.00. The maximum absolute atomic E-state index is 12.8. The summed E-state index contributed by atoms with van der Waals surface area (Å²) in [6, 6.07) is 13.8. The Labute approximate surface area is 178 Å². The Morgan fingerprint density at radius 2 is 2.07 bits per heavy atom. The number of benzene rings is 2. The van der Waals surface area contributed by atoms with Gasteiger partial charge >= 0.3 is 0 Å². The number of ether oxygens (including phenoxy) is 1. The molecule has 28 heavy (non-hydrogen) atoms. The van der Waals surface area contributed by atoms with Gasteiger partial charge in [-0.1, -0.05) is 58.9 Å². The third-order valence-electron chi connectivity index (χ3n) is 4.51. The molecule has 0 aromatic heterocycles. The lowest BCUT2D eigenvalue weighted by Crippen LogP contribution is -2.31. The maximum atomic E-state index is 12.8. The van der Waals surface area contributed by atoms with E-state index in [0.29, 0.717) is 17.5 Å². The highest BCUT2D eigenvalue weighted by Gasteiger charge is 2.37. The molecule has 1 atom stereocenters. The Balaban J connectivity index is 1.86. The quantitative estimate of drug-likeness (QED) is 0.450. The van der Waals surface area contributed by atoms with Crippen molar-refractivity contribution in [1.29, 1.82) is 0 Å². The van der Waals surface area contributed by atoms with Gasteiger partial charge in [-0.15, -0.1) is 5.10 Å². The molecule has 7 heteroatoms. The average molecular weight is 460 g/mol. The molecule has 1 aliphatic rings. The number of hydrogen-bond acceptors (Lipinski definition) is 5. The van der Waals surface area contributed by atoms with Crippen LogP contribution in [0.2, 0.25) is 0 Å². The minimum Gasteiger partial charge on any atom is -0.496 e. The van der Waals surface area contributed by atoms with Crippen molar-refractivity contribution in [2.45, 2.75) is 32.1 Å². The van der Waals surface area contributed by atoms with E-state index in [4.69, 9.17) is 4.74 Å². The smallest absolute Gasteiger partial charge is 0.242 e. The van der Waals surface area contributed by atoms with Gasteiger partial charge in [-0.2, -0.15) is 5.10 Å². The van der Waals surface area contributed by atoms with Crippen LogP contribution < -0.4 is 4.74 Å². The molecule has 1 amide bonds. The van der Waals surface area contributed by atoms with Gasteiger partial charge in [-0.05, 0) is 42.7 Å². The van der Waals surface area contributed by atoms with Gasteiger partial charge in [0.2, 0.25) is 5.91 Å². The topological polar surface area (TPSA) is 54.3 Å². The predicted octanol–water partition coefficient (Wildman–Crippen LogP) is 5.01. The zero-order valence-electron chi connectivity index (χ0n) is 16.1. The molecule has 0 spiro atoms. The number of hydrogen-bond donors (Lipinski definition) is 0. The first kappa shape index (κ1) is 20.6. The second-order valence-electron chi connectivity index (χ2n) is 6.38. The minimum absolute atomic E-state index is 0.0877. The number of aryl methyl sites for hydroxylation is 1. The molecular weight excluding hydrogens is 438 g/mol. The van der Waals surface area contributed by atoms with Gasteiger partial charge in [0, 0.05) is 10.0 Å². The fourth-order valence-electron chi connectivity index (χ4n) is 2.89. The normalized spacial score (nSPS) is 18.4. The second kappa shape index (κ2) is 9.39. The third kappa shape index (κ3) is 4.64. The van der Waals surface area contributed by atoms with E-state index in [-0.39, 0.29) is 11.2 Å². The van der Waals surface area contributed by atoms with Crippen molar-refractivity contribution in [1.82, 2.24) is 4.90 Å². The SMILES string of the molecule is CC[C@@H]1S/C(=N\N=C/c2cc(Br)ccc2OC)N(Cc2ccccc2C)C1=O. The molecule has 2 aromatic carbocycles. The molecule has 146 valence electrons. The molecule has 2 aromatic rings. The van der Waals surface area contributed by atoms with Gasteiger partial charge in [0.25, 0.3) is 0 Å². The predicted molar refractivity (Wildman–Crippen MR) is 119 cm³/mol. The molecule has 1 aliphatic heterocycles. The van der Waals surface area contributed by atoms with Gasteiger partial charge in [0.05, 0.1) is 25.1 Å². The molecule has 1 fully saturated rings. The van der Waals surface area contributed by atoms with Crippen molar-refractivity contribution in [3.8, 4) is 5.75 Å². The summed E-state index contributed by atoms with van der Waals surface area (Å²) in [6.45, 7) is 4.57. The van der Waals surface area contributed by atoms with Crippen LogP contribution in [0.25, 0.3) is 0 Å². The number of halogens is 1. The van der Waals surface area contributed by atoms with Crippen molar-refractivity contribution in [3.63, 3.8) is 0 Å². The standard InChI is InChI=1S/C21H22BrN3O2S/c1-4-19-20(26)25(13-15-8-6-5-7-14(15)2)21(28-19)24-23-12-16-11-17(22)9-10-18(16)27-3/h5-12,19H,4,13H2,1-3H3/b23-12-,24-21-/t19-/m0/s1. The first-order chi connectivity index (χ1) is 13.5. The molecule has 1 saturated heterocycles. The van der Waals surface area contributed by atoms with Crippen molar-refractivity contribution >= 4 is 45.0 Å². The van der Waals surface area contributed by atoms with Crippen molar-refractivity contribution in [2.24, 2.45) is 10.2 Å². The number of rotatable bonds is 6. The fraction of sp³-hybridized carbons (Fsp3) is 0.286. The summed E-state index contributed by atoms with van der Waals surface area (Å²) < 4.78 is 6.29. The van der Waals surface area contributed by atoms with Crippen molar-refractivity contribution in [3.05, 3.63) is 63.6 Å². The fourth-order valence-corrected chi connectivity index (χ4v) is 4.30. The van der Waals surface area contributed by atoms with E-state index in [0.717, 1.165) is 27.6 Å². The maximum Gasteiger partial charge on any atom is 0.242 e. The molecule has 0 radical (unpaired) electrons. The van der Waals surface area contributed by atoms with Crippen LogP contribution in [0, 0.1) is 6.92 Å². The first-order valence-corrected chi connectivity index (χ1v) is 10.7. The van der Waals surface area contributed by atoms with Crippen LogP contribution in [0.1, 0.15) is 30.0 Å². The monoisotopic (exact) mass is 459 g/mol. The van der Waals surface area contributed by atoms with Gasteiger partial charge in [-0.3, -0.25) is 9.69 Å². The number of carbonyl (C=O) groups excluding carboxylic acids is 1. The van der Waals surface area contributed by atoms with Crippen LogP contribution in [0.5, 0.6) is 5.75 Å². The van der Waals surface area contributed by atoms with E-state index in [1.54, 1.807) is 18.2 Å². The molecule has 0 bridgehead atoms. The number of thioether (sulfide) groups is 1. The summed E-state index contributed by atoms with van der Waals surface area (Å²) in [5, 5.41) is 9.12. The Morgan fingerprint density at radius 3 is 2.79 bits per heavy atom. The number of amides is 1. The number of carbonyl (C=O) groups is 1. The zero-order chi connectivity index (χ0) is 20.1. The summed E-state index contributed by atoms with van der Waals surface area (Å²) in [6.07, 6.45) is 2.41. The summed E-state index contributed by atoms with van der Waals surface area (Å²) >= 11 is 4.92. The van der Waals surface area contributed by atoms with Crippen LogP contribution in [-0.4, -0.2) is 34.5 Å². The van der Waals surface area contributed by atoms with Crippen LogP contribution in [0.4, 0.5) is 0 Å². The third-order valence-corrected chi connectivity index (χ3v) is 6.34. The van der Waals surface area contributed by atoms with Crippen LogP contribution in [-0.2, 0) is 11.3 Å². The van der Waals surface area contributed by atoms with Crippen LogP contribution >= 0.6 is 27.7 Å². The number of nitrogens with zero attached hydrogens (tertiary/aromatic N) is 3. The lowest BCUT2D eigenvalue weighted by molar-refractivity contribution is -0.126. The summed E-state index contributed by atoms with van der Waals surface area (Å²) in [4.78, 5) is 14.5. The van der Waals surface area contributed by atoms with Crippen molar-refractivity contribution in [2.75, 3.05) is 7.11 Å². The molecule has 3 rings (SSSR count). The van der Waals surface area contributed by atoms with E-state index < -0.39 is 0 Å². The molecule has 0 unspecified atom stereocenters. The Morgan fingerprint density at radius 1 is 1.29 bits per heavy atom. The molecule has 1 heterocycles. The summed E-state index contributed by atoms with van der Waals surface area (Å²) in [5.74, 6) is 0.801. The largest absolute Gasteiger partial charge is 0.496 e. The number of methoxy groups -OCH3 is 1. The van der Waals surface area contributed by atoms with E-state index in [1.165, 1.54) is 11.8 Å². The number of amidine groups is 1. The van der Waals surface area contributed by atoms with Gasteiger partial charge in [0.1, 0.15) is 5.75 Å². The van der Waals surface area contributed by atoms with E-state index >= 15 is 0 Å². The molecular formula is C21H22BrN3O2S. The van der Waals surface area contributed by atoms with E-state index in [1.807, 2.05) is 43.3 Å². The van der Waals surface area contributed by atoms with Gasteiger partial charge in [-0.25, -0.2) is 0 Å². The van der Waals surface area contributed by atoms with Crippen molar-refractivity contribution < 1.29 is 9.53 Å². The van der Waals surface area contributed by atoms with E-state index in [2.05, 4.69) is 39.1 Å². The average Bonchev–Trinajstić information content (AvgIpc) is 2.99. The lowest BCUT2D eigenvalue weighted by Gasteiger charge is -2.17. The summed E-state index contributed by atoms with van der Waals surface area (Å²) in [5.41, 5.74) is 3.08. The molecule has 0 N–H and O–H groups in total. The second-order valence-corrected chi connectivity index (χ2v) is 8.46. The Bertz CT molecular complexity index is 930. The van der Waals surface area contributed by atoms with Gasteiger partial charge in [0.15, 0.2) is 5.17 Å². The molecule has 0 saturated carbocycles. The summed E-state index contributed by atoms with van der Waals surface area (Å²) in [7, 11) is 1.62. The zero-order valence-corrected chi connectivity index (χ0v) is 18.5.